The van der Waals surface area contributed by atoms with Crippen LogP contribution in [0.15, 0.2) is 36.4 Å². The lowest BCUT2D eigenvalue weighted by Gasteiger charge is -2.02. The number of nitrogens with zero attached hydrogens (tertiary/aromatic N) is 1. The molecule has 0 aliphatic heterocycles. The molecule has 1 aromatic carbocycles. The second-order valence-corrected chi connectivity index (χ2v) is 7.58. The fraction of sp³-hybridized carbons (Fsp3) is 0.211. The van der Waals surface area contributed by atoms with Crippen LogP contribution in [0.3, 0.4) is 0 Å². The Morgan fingerprint density at radius 3 is 2.52 bits per heavy atom. The van der Waals surface area contributed by atoms with Crippen molar-refractivity contribution in [2.45, 2.75) is 13.8 Å². The number of nitrogens with one attached hydrogen (secondary N) is 1. The molecule has 0 saturated carbocycles. The Hall–Kier alpha value is -2.71. The van der Waals surface area contributed by atoms with E-state index in [0.29, 0.717) is 27.1 Å². The summed E-state index contributed by atoms with van der Waals surface area (Å²) in [6.07, 6.45) is 0. The zero-order valence-electron chi connectivity index (χ0n) is 15.1. The highest BCUT2D eigenvalue weighted by Gasteiger charge is 2.18. The van der Waals surface area contributed by atoms with E-state index in [2.05, 4.69) is 15.0 Å². The standard InChI is InChI=1S/C19H18N2O4S2/c1-4-25-13-7-5-12(6-8-13)18-20-11(2)16(27-18)17(22)21-15-10-9-14(26-15)19(23)24-3/h5-10H,4H2,1-3H3,(H,21,22). The second-order valence-electron chi connectivity index (χ2n) is 5.50. The Bertz CT molecular complexity index is 961. The number of aryl methyl sites for hydroxylation is 1. The first kappa shape index (κ1) is 19.1. The van der Waals surface area contributed by atoms with Gasteiger partial charge in [-0.1, -0.05) is 0 Å². The van der Waals surface area contributed by atoms with E-state index in [4.69, 9.17) is 4.74 Å². The average Bonchev–Trinajstić information content (AvgIpc) is 3.29. The van der Waals surface area contributed by atoms with Gasteiger partial charge in [-0.25, -0.2) is 9.78 Å². The van der Waals surface area contributed by atoms with Crippen LogP contribution in [0.25, 0.3) is 10.6 Å². The molecule has 0 radical (unpaired) electrons. The van der Waals surface area contributed by atoms with Gasteiger partial charge in [0, 0.05) is 5.56 Å². The number of carbonyl (C=O) groups is 2. The molecule has 0 atom stereocenters. The highest BCUT2D eigenvalue weighted by molar-refractivity contribution is 7.19. The van der Waals surface area contributed by atoms with Gasteiger partial charge in [-0.3, -0.25) is 4.79 Å². The molecule has 27 heavy (non-hydrogen) atoms. The van der Waals surface area contributed by atoms with Gasteiger partial charge in [-0.05, 0) is 50.2 Å². The zero-order chi connectivity index (χ0) is 19.4. The molecule has 0 aliphatic carbocycles. The van der Waals surface area contributed by atoms with E-state index in [-0.39, 0.29) is 5.91 Å². The molecule has 1 amide bonds. The van der Waals surface area contributed by atoms with E-state index >= 15 is 0 Å². The van der Waals surface area contributed by atoms with Crippen molar-refractivity contribution in [2.24, 2.45) is 0 Å². The molecular weight excluding hydrogens is 384 g/mol. The first-order chi connectivity index (χ1) is 13.0. The number of carbonyl (C=O) groups excluding carboxylic acids is 2. The number of thiophene rings is 1. The fourth-order valence-corrected chi connectivity index (χ4v) is 4.16. The summed E-state index contributed by atoms with van der Waals surface area (Å²) >= 11 is 2.49. The molecule has 2 heterocycles. The van der Waals surface area contributed by atoms with Gasteiger partial charge in [0.25, 0.3) is 5.91 Å². The molecule has 3 aromatic rings. The van der Waals surface area contributed by atoms with Gasteiger partial charge in [0.15, 0.2) is 0 Å². The summed E-state index contributed by atoms with van der Waals surface area (Å²) in [6.45, 7) is 4.35. The minimum Gasteiger partial charge on any atom is -0.494 e. The quantitative estimate of drug-likeness (QED) is 0.609. The van der Waals surface area contributed by atoms with Gasteiger partial charge in [-0.2, -0.15) is 0 Å². The molecule has 0 unspecified atom stereocenters. The lowest BCUT2D eigenvalue weighted by atomic mass is 10.2. The van der Waals surface area contributed by atoms with Crippen LogP contribution < -0.4 is 10.1 Å². The lowest BCUT2D eigenvalue weighted by Crippen LogP contribution is -2.10. The van der Waals surface area contributed by atoms with Crippen LogP contribution in [0.4, 0.5) is 5.00 Å². The minimum absolute atomic E-state index is 0.250. The summed E-state index contributed by atoms with van der Waals surface area (Å²) in [6, 6.07) is 10.9. The molecule has 0 bridgehead atoms. The molecule has 0 spiro atoms. The second kappa shape index (κ2) is 8.32. The molecule has 0 fully saturated rings. The predicted octanol–water partition coefficient (Wildman–Crippen LogP) is 4.62. The van der Waals surface area contributed by atoms with Crippen molar-refractivity contribution in [3.63, 3.8) is 0 Å². The molecule has 0 saturated heterocycles. The third-order valence-electron chi connectivity index (χ3n) is 3.64. The summed E-state index contributed by atoms with van der Waals surface area (Å²) in [5, 5.41) is 4.16. The number of ether oxygens (including phenoxy) is 2. The first-order valence-corrected chi connectivity index (χ1v) is 9.85. The van der Waals surface area contributed by atoms with Gasteiger partial charge in [-0.15, -0.1) is 22.7 Å². The van der Waals surface area contributed by atoms with Crippen LogP contribution in [0.1, 0.15) is 32.0 Å². The number of hydrogen-bond donors (Lipinski definition) is 1. The van der Waals surface area contributed by atoms with Crippen molar-refractivity contribution in [1.82, 2.24) is 4.98 Å². The van der Waals surface area contributed by atoms with Gasteiger partial charge >= 0.3 is 5.97 Å². The average molecular weight is 402 g/mol. The highest BCUT2D eigenvalue weighted by atomic mass is 32.1. The number of amides is 1. The smallest absolute Gasteiger partial charge is 0.348 e. The van der Waals surface area contributed by atoms with E-state index in [1.807, 2.05) is 31.2 Å². The summed E-state index contributed by atoms with van der Waals surface area (Å²) in [5.41, 5.74) is 1.58. The number of anilines is 1. The Morgan fingerprint density at radius 2 is 1.85 bits per heavy atom. The molecule has 3 rings (SSSR count). The van der Waals surface area contributed by atoms with Crippen molar-refractivity contribution in [3.8, 4) is 16.3 Å². The first-order valence-electron chi connectivity index (χ1n) is 8.22. The lowest BCUT2D eigenvalue weighted by molar-refractivity contribution is 0.0606. The third kappa shape index (κ3) is 4.35. The summed E-state index contributed by atoms with van der Waals surface area (Å²) in [5.74, 6) is 0.124. The fourth-order valence-electron chi connectivity index (χ4n) is 2.37. The van der Waals surface area contributed by atoms with Crippen LogP contribution in [-0.4, -0.2) is 30.6 Å². The predicted molar refractivity (Wildman–Crippen MR) is 107 cm³/mol. The number of rotatable bonds is 6. The Kier molecular flexibility index (Phi) is 5.88. The molecular formula is C19H18N2O4S2. The van der Waals surface area contributed by atoms with Crippen molar-refractivity contribution < 1.29 is 19.1 Å². The Morgan fingerprint density at radius 1 is 1.11 bits per heavy atom. The largest absolute Gasteiger partial charge is 0.494 e. The maximum Gasteiger partial charge on any atom is 0.348 e. The Labute approximate surface area is 164 Å². The van der Waals surface area contributed by atoms with Crippen LogP contribution in [0.2, 0.25) is 0 Å². The molecule has 2 aromatic heterocycles. The van der Waals surface area contributed by atoms with E-state index in [0.717, 1.165) is 16.3 Å². The van der Waals surface area contributed by atoms with Gasteiger partial charge in [0.2, 0.25) is 0 Å². The van der Waals surface area contributed by atoms with Crippen molar-refractivity contribution >= 4 is 39.6 Å². The Balaban J connectivity index is 1.76. The van der Waals surface area contributed by atoms with Crippen LogP contribution in [0.5, 0.6) is 5.75 Å². The molecule has 0 aliphatic rings. The van der Waals surface area contributed by atoms with Gasteiger partial charge in [0.05, 0.1) is 24.4 Å². The number of esters is 1. The molecule has 140 valence electrons. The monoisotopic (exact) mass is 402 g/mol. The number of hydrogen-bond acceptors (Lipinski definition) is 7. The van der Waals surface area contributed by atoms with E-state index < -0.39 is 5.97 Å². The maximum atomic E-state index is 12.6. The maximum absolute atomic E-state index is 12.6. The SMILES string of the molecule is CCOc1ccc(-c2nc(C)c(C(=O)Nc3ccc(C(=O)OC)s3)s2)cc1. The molecule has 1 N–H and O–H groups in total. The van der Waals surface area contributed by atoms with Crippen LogP contribution >= 0.6 is 22.7 Å². The van der Waals surface area contributed by atoms with E-state index in [1.54, 1.807) is 19.1 Å². The van der Waals surface area contributed by atoms with Gasteiger partial charge < -0.3 is 14.8 Å². The third-order valence-corrected chi connectivity index (χ3v) is 5.83. The number of aromatic nitrogens is 1. The molecule has 6 nitrogen and oxygen atoms in total. The topological polar surface area (TPSA) is 77.5 Å². The number of benzene rings is 1. The van der Waals surface area contributed by atoms with Crippen LogP contribution in [0, 0.1) is 6.92 Å². The van der Waals surface area contributed by atoms with E-state index in [1.165, 1.54) is 29.8 Å². The van der Waals surface area contributed by atoms with E-state index in [9.17, 15) is 9.59 Å². The number of methoxy groups -OCH3 is 1. The summed E-state index contributed by atoms with van der Waals surface area (Å²) < 4.78 is 10.1. The van der Waals surface area contributed by atoms with Crippen molar-refractivity contribution in [3.05, 3.63) is 51.8 Å². The van der Waals surface area contributed by atoms with Crippen LogP contribution in [-0.2, 0) is 4.74 Å². The molecule has 8 heteroatoms. The minimum atomic E-state index is -0.424. The van der Waals surface area contributed by atoms with Gasteiger partial charge in [0.1, 0.15) is 20.5 Å². The number of thiazole rings is 1. The summed E-state index contributed by atoms with van der Waals surface area (Å²) in [4.78, 5) is 29.6. The van der Waals surface area contributed by atoms with Crippen molar-refractivity contribution in [1.29, 1.82) is 0 Å². The van der Waals surface area contributed by atoms with Crippen molar-refractivity contribution in [2.75, 3.05) is 19.0 Å². The highest BCUT2D eigenvalue weighted by Crippen LogP contribution is 2.30. The zero-order valence-corrected chi connectivity index (χ0v) is 16.7. The normalized spacial score (nSPS) is 10.5. The summed E-state index contributed by atoms with van der Waals surface area (Å²) in [7, 11) is 1.32.